The van der Waals surface area contributed by atoms with Gasteiger partial charge in [0, 0.05) is 42.1 Å². The van der Waals surface area contributed by atoms with Gasteiger partial charge >= 0.3 is 0 Å². The van der Waals surface area contributed by atoms with Gasteiger partial charge in [0.1, 0.15) is 0 Å². The molecule has 0 spiro atoms. The Bertz CT molecular complexity index is 737. The number of hydrogen-bond donors (Lipinski definition) is 1. The van der Waals surface area contributed by atoms with Crippen LogP contribution in [-0.4, -0.2) is 51.2 Å². The van der Waals surface area contributed by atoms with Gasteiger partial charge in [-0.05, 0) is 6.07 Å². The topological polar surface area (TPSA) is 91.8 Å². The second kappa shape index (κ2) is 7.38. The zero-order valence-corrected chi connectivity index (χ0v) is 14.2. The van der Waals surface area contributed by atoms with E-state index in [2.05, 4.69) is 11.8 Å². The van der Waals surface area contributed by atoms with Gasteiger partial charge in [-0.2, -0.15) is 4.31 Å². The summed E-state index contributed by atoms with van der Waals surface area (Å²) in [7, 11) is -6.10. The summed E-state index contributed by atoms with van der Waals surface area (Å²) in [6.07, 6.45) is 1.27. The molecule has 1 aromatic rings. The molecule has 9 heteroatoms. The normalized spacial score (nSPS) is 12.2. The van der Waals surface area contributed by atoms with Gasteiger partial charge in [0.15, 0.2) is 14.9 Å². The van der Waals surface area contributed by atoms with Crippen LogP contribution in [0.2, 0.25) is 0 Å². The Hall–Kier alpha value is -0.920. The molecule has 118 valence electrons. The Kier molecular flexibility index (Phi) is 6.37. The first-order chi connectivity index (χ1) is 9.64. The molecule has 6 nitrogen and oxygen atoms in total. The Morgan fingerprint density at radius 1 is 1.33 bits per heavy atom. The molecule has 0 saturated carbocycles. The van der Waals surface area contributed by atoms with Crippen molar-refractivity contribution >= 4 is 31.2 Å². The molecular formula is C12H17NO5S3. The van der Waals surface area contributed by atoms with Crippen LogP contribution in [-0.2, 0) is 26.4 Å². The molecule has 0 saturated heterocycles. The molecule has 1 rings (SSSR count). The van der Waals surface area contributed by atoms with E-state index >= 15 is 0 Å². The molecule has 21 heavy (non-hydrogen) atoms. The van der Waals surface area contributed by atoms with Crippen LogP contribution >= 0.6 is 11.3 Å². The third-order valence-electron chi connectivity index (χ3n) is 2.34. The lowest BCUT2D eigenvalue weighted by atomic mass is 10.3. The van der Waals surface area contributed by atoms with Gasteiger partial charge in [-0.1, -0.05) is 11.8 Å². The molecule has 0 aliphatic heterocycles. The van der Waals surface area contributed by atoms with E-state index in [9.17, 15) is 16.8 Å². The first kappa shape index (κ1) is 18.1. The zero-order chi connectivity index (χ0) is 16.1. The number of aliphatic hydroxyl groups is 1. The van der Waals surface area contributed by atoms with Crippen molar-refractivity contribution in [2.45, 2.75) is 13.0 Å². The van der Waals surface area contributed by atoms with Gasteiger partial charge in [0.05, 0.1) is 6.61 Å². The predicted octanol–water partition coefficient (Wildman–Crippen LogP) is 0.246. The van der Waals surface area contributed by atoms with Crippen molar-refractivity contribution in [2.24, 2.45) is 0 Å². The summed E-state index contributed by atoms with van der Waals surface area (Å²) in [5, 5.41) is 9.52. The van der Waals surface area contributed by atoms with Gasteiger partial charge in [0.2, 0.25) is 10.0 Å². The van der Waals surface area contributed by atoms with Crippen LogP contribution in [0.5, 0.6) is 0 Å². The van der Waals surface area contributed by atoms with Crippen molar-refractivity contribution in [2.75, 3.05) is 25.0 Å². The van der Waals surface area contributed by atoms with Crippen molar-refractivity contribution in [3.05, 3.63) is 21.9 Å². The molecule has 0 aliphatic carbocycles. The van der Waals surface area contributed by atoms with E-state index in [4.69, 9.17) is 5.11 Å². The fourth-order valence-electron chi connectivity index (χ4n) is 1.43. The Morgan fingerprint density at radius 2 is 2.00 bits per heavy atom. The van der Waals surface area contributed by atoms with Crippen LogP contribution in [0.15, 0.2) is 11.4 Å². The fourth-order valence-corrected chi connectivity index (χ4v) is 5.60. The Morgan fingerprint density at radius 3 is 2.57 bits per heavy atom. The smallest absolute Gasteiger partial charge is 0.228 e. The van der Waals surface area contributed by atoms with Crippen molar-refractivity contribution in [3.63, 3.8) is 0 Å². The number of thiophene rings is 1. The lowest BCUT2D eigenvalue weighted by Gasteiger charge is -2.15. The van der Waals surface area contributed by atoms with Crippen LogP contribution in [0.3, 0.4) is 0 Å². The predicted molar refractivity (Wildman–Crippen MR) is 83.0 cm³/mol. The highest BCUT2D eigenvalue weighted by Gasteiger charge is 2.23. The molecule has 0 atom stereocenters. The number of sulfonamides is 1. The van der Waals surface area contributed by atoms with Crippen LogP contribution in [0, 0.1) is 11.8 Å². The van der Waals surface area contributed by atoms with Crippen molar-refractivity contribution in [1.82, 2.24) is 4.31 Å². The summed E-state index contributed by atoms with van der Waals surface area (Å²) in [6.45, 7) is 0.0979. The van der Waals surface area contributed by atoms with Crippen molar-refractivity contribution in [1.29, 1.82) is 0 Å². The van der Waals surface area contributed by atoms with Crippen LogP contribution in [0.25, 0.3) is 0 Å². The summed E-state index contributed by atoms with van der Waals surface area (Å²) in [4.78, 5) is 0.767. The third-order valence-corrected chi connectivity index (χ3v) is 7.24. The summed E-state index contributed by atoms with van der Waals surface area (Å²) < 4.78 is 47.0. The maximum atomic E-state index is 11.9. The highest BCUT2D eigenvalue weighted by Crippen LogP contribution is 2.17. The van der Waals surface area contributed by atoms with E-state index in [0.29, 0.717) is 6.42 Å². The highest BCUT2D eigenvalue weighted by atomic mass is 32.3. The van der Waals surface area contributed by atoms with Gasteiger partial charge in [-0.25, -0.2) is 16.8 Å². The number of nitrogens with zero attached hydrogens (tertiary/aromatic N) is 1. The summed E-state index contributed by atoms with van der Waals surface area (Å²) >= 11 is 1.35. The quantitative estimate of drug-likeness (QED) is 0.742. The van der Waals surface area contributed by atoms with Crippen LogP contribution in [0.4, 0.5) is 0 Å². The molecule has 1 aromatic heterocycles. The van der Waals surface area contributed by atoms with Gasteiger partial charge in [0.25, 0.3) is 0 Å². The third kappa shape index (κ3) is 6.58. The molecule has 0 fully saturated rings. The number of aliphatic hydroxyl groups excluding tert-OH is 1. The number of hydrogen-bond acceptors (Lipinski definition) is 6. The molecule has 0 bridgehead atoms. The Labute approximate surface area is 129 Å². The van der Waals surface area contributed by atoms with Crippen LogP contribution in [0.1, 0.15) is 16.9 Å². The Balaban J connectivity index is 2.76. The number of rotatable bonds is 6. The monoisotopic (exact) mass is 351 g/mol. The van der Waals surface area contributed by atoms with E-state index in [1.807, 2.05) is 0 Å². The average molecular weight is 351 g/mol. The van der Waals surface area contributed by atoms with E-state index in [1.54, 1.807) is 11.4 Å². The summed E-state index contributed by atoms with van der Waals surface area (Å²) in [5.41, 5.74) is 0.748. The zero-order valence-electron chi connectivity index (χ0n) is 11.7. The molecule has 0 aromatic carbocycles. The van der Waals surface area contributed by atoms with E-state index in [-0.39, 0.29) is 13.2 Å². The average Bonchev–Trinajstić information content (AvgIpc) is 2.74. The SMILES string of the molecule is CN(Cc1cc(C#CCCO)cs1)S(=O)(=O)CS(C)(=O)=O. The largest absolute Gasteiger partial charge is 0.395 e. The molecule has 0 unspecified atom stereocenters. The van der Waals surface area contributed by atoms with E-state index in [1.165, 1.54) is 18.4 Å². The number of sulfone groups is 1. The summed E-state index contributed by atoms with van der Waals surface area (Å²) in [5.74, 6) is 5.63. The standard InChI is InChI=1S/C12H17NO5S3/c1-13(21(17,18)10-20(2,15)16)8-12-7-11(9-19-12)5-3-4-6-14/h7,9,14H,4,6,8,10H2,1-2H3. The maximum Gasteiger partial charge on any atom is 0.228 e. The molecule has 0 amide bonds. The molecule has 1 heterocycles. The molecule has 0 aliphatic rings. The fraction of sp³-hybridized carbons (Fsp3) is 0.500. The lowest BCUT2D eigenvalue weighted by Crippen LogP contribution is -2.31. The first-order valence-electron chi connectivity index (χ1n) is 5.93. The van der Waals surface area contributed by atoms with Crippen LogP contribution < -0.4 is 0 Å². The minimum Gasteiger partial charge on any atom is -0.395 e. The lowest BCUT2D eigenvalue weighted by molar-refractivity contribution is 0.305. The van der Waals surface area contributed by atoms with Gasteiger partial charge < -0.3 is 5.11 Å². The molecular weight excluding hydrogens is 334 g/mol. The van der Waals surface area contributed by atoms with E-state index in [0.717, 1.165) is 21.0 Å². The molecule has 1 N–H and O–H groups in total. The van der Waals surface area contributed by atoms with Crippen molar-refractivity contribution < 1.29 is 21.9 Å². The first-order valence-corrected chi connectivity index (χ1v) is 10.5. The minimum absolute atomic E-state index is 0.00350. The van der Waals surface area contributed by atoms with Gasteiger partial charge in [-0.15, -0.1) is 11.3 Å². The van der Waals surface area contributed by atoms with E-state index < -0.39 is 24.9 Å². The minimum atomic E-state index is -3.84. The summed E-state index contributed by atoms with van der Waals surface area (Å²) in [6, 6.07) is 1.75. The maximum absolute atomic E-state index is 11.9. The van der Waals surface area contributed by atoms with Gasteiger partial charge in [-0.3, -0.25) is 0 Å². The second-order valence-corrected chi connectivity index (χ2v) is 10.1. The van der Waals surface area contributed by atoms with Crippen molar-refractivity contribution in [3.8, 4) is 11.8 Å². The highest BCUT2D eigenvalue weighted by molar-refractivity contribution is 8.06. The second-order valence-electron chi connectivity index (χ2n) is 4.49. The molecule has 0 radical (unpaired) electrons.